The van der Waals surface area contributed by atoms with Crippen molar-refractivity contribution in [3.63, 3.8) is 0 Å². The van der Waals surface area contributed by atoms with Crippen molar-refractivity contribution >= 4 is 34.5 Å². The lowest BCUT2D eigenvalue weighted by atomic mass is 10.1. The van der Waals surface area contributed by atoms with Gasteiger partial charge in [0.25, 0.3) is 5.91 Å². The van der Waals surface area contributed by atoms with Gasteiger partial charge in [0.1, 0.15) is 12.7 Å². The van der Waals surface area contributed by atoms with Crippen LogP contribution in [0.2, 0.25) is 0 Å². The van der Waals surface area contributed by atoms with Crippen molar-refractivity contribution in [3.8, 4) is 11.5 Å². The van der Waals surface area contributed by atoms with E-state index in [1.807, 2.05) is 22.9 Å². The van der Waals surface area contributed by atoms with E-state index in [1.54, 1.807) is 19.2 Å². The molecule has 23 heavy (non-hydrogen) atoms. The molecule has 1 aliphatic heterocycles. The number of amides is 1. The molecule has 0 aliphatic carbocycles. The van der Waals surface area contributed by atoms with Crippen LogP contribution < -0.4 is 24.1 Å². The molecule has 4 N–H and O–H groups in total. The zero-order valence-electron chi connectivity index (χ0n) is 13.1. The largest absolute Gasteiger partial charge is 0.487 e. The summed E-state index contributed by atoms with van der Waals surface area (Å²) in [7, 11) is 1.61. The Hall–Kier alpha value is -1.26. The van der Waals surface area contributed by atoms with E-state index in [4.69, 9.17) is 19.9 Å². The maximum atomic E-state index is 11.6. The summed E-state index contributed by atoms with van der Waals surface area (Å²) in [4.78, 5) is 11.6. The van der Waals surface area contributed by atoms with E-state index in [-0.39, 0.29) is 6.10 Å². The predicted octanol–water partition coefficient (Wildman–Crippen LogP) is 1.70. The molecule has 1 aliphatic rings. The van der Waals surface area contributed by atoms with Crippen LogP contribution in [0, 0.1) is 0 Å². The van der Waals surface area contributed by atoms with Gasteiger partial charge in [0.2, 0.25) is 0 Å². The monoisotopic (exact) mass is 435 g/mol. The van der Waals surface area contributed by atoms with Crippen LogP contribution in [0.3, 0.4) is 0 Å². The lowest BCUT2D eigenvalue weighted by Gasteiger charge is -2.25. The van der Waals surface area contributed by atoms with Gasteiger partial charge >= 0.3 is 0 Å². The first-order valence-electron chi connectivity index (χ1n) is 7.49. The van der Waals surface area contributed by atoms with E-state index < -0.39 is 5.91 Å². The smallest absolute Gasteiger partial charge is 0.250 e. The molecule has 1 saturated heterocycles. The highest BCUT2D eigenvalue weighted by atomic mass is 127. The number of piperidine rings is 1. The summed E-state index contributed by atoms with van der Waals surface area (Å²) >= 11 is 1.95. The van der Waals surface area contributed by atoms with Gasteiger partial charge in [0.05, 0.1) is 40.7 Å². The third-order valence-electron chi connectivity index (χ3n) is 3.58. The maximum absolute atomic E-state index is 11.6. The fourth-order valence-corrected chi connectivity index (χ4v) is 2.82. The van der Waals surface area contributed by atoms with Gasteiger partial charge in [0.15, 0.2) is 11.5 Å². The highest BCUT2D eigenvalue weighted by Gasteiger charge is 2.20. The first kappa shape index (κ1) is 18.1. The van der Waals surface area contributed by atoms with Crippen LogP contribution in [-0.2, 0) is 4.74 Å². The Labute approximate surface area is 149 Å². The molecule has 1 aromatic carbocycles. The number of hydrogen-bond donors (Lipinski definition) is 3. The summed E-state index contributed by atoms with van der Waals surface area (Å²) in [6.07, 6.45) is 1.92. The first-order chi connectivity index (χ1) is 11.2. The fourth-order valence-electron chi connectivity index (χ4n) is 2.37. The second-order valence-electron chi connectivity index (χ2n) is 5.21. The van der Waals surface area contributed by atoms with Crippen molar-refractivity contribution in [3.05, 3.63) is 17.7 Å². The lowest BCUT2D eigenvalue weighted by Crippen LogP contribution is -2.34. The number of ether oxygens (including phenoxy) is 3. The fraction of sp³-hybridized carbons (Fsp3) is 0.533. The Bertz CT molecular complexity index is 536. The third kappa shape index (κ3) is 5.11. The number of methoxy groups -OCH3 is 1. The molecular formula is C15H22IN3O4. The van der Waals surface area contributed by atoms with Crippen LogP contribution in [0.15, 0.2) is 12.1 Å². The Kier molecular flexibility index (Phi) is 7.18. The zero-order chi connectivity index (χ0) is 16.7. The number of halogens is 1. The van der Waals surface area contributed by atoms with Crippen molar-refractivity contribution in [2.75, 3.05) is 36.9 Å². The van der Waals surface area contributed by atoms with Crippen LogP contribution in [-0.4, -0.2) is 45.4 Å². The summed E-state index contributed by atoms with van der Waals surface area (Å²) in [6.45, 7) is 2.70. The van der Waals surface area contributed by atoms with Gasteiger partial charge in [-0.05, 0) is 32.0 Å². The molecule has 0 bridgehead atoms. The van der Waals surface area contributed by atoms with Crippen molar-refractivity contribution in [1.29, 1.82) is 0 Å². The SMILES string of the molecule is COCCOc1cc(NI)c(C(N)=O)cc1OC1CCNCC1. The molecule has 0 spiro atoms. The van der Waals surface area contributed by atoms with Crippen molar-refractivity contribution in [2.45, 2.75) is 18.9 Å². The summed E-state index contributed by atoms with van der Waals surface area (Å²) in [5.74, 6) is 0.602. The van der Waals surface area contributed by atoms with Gasteiger partial charge in [-0.2, -0.15) is 0 Å². The Morgan fingerprint density at radius 2 is 2.09 bits per heavy atom. The zero-order valence-corrected chi connectivity index (χ0v) is 15.2. The number of nitrogens with two attached hydrogens (primary N) is 1. The average Bonchev–Trinajstić information content (AvgIpc) is 2.56. The standard InChI is InChI=1S/C15H22IN3O4/c1-21-6-7-22-13-9-12(19-16)11(15(17)20)8-14(13)23-10-2-4-18-5-3-10/h8-10,18-19H,2-7H2,1H3,(H2,17,20). The Morgan fingerprint density at radius 3 is 2.70 bits per heavy atom. The molecule has 8 heteroatoms. The van der Waals surface area contributed by atoms with Gasteiger partial charge in [-0.1, -0.05) is 0 Å². The van der Waals surface area contributed by atoms with Gasteiger partial charge in [-0.25, -0.2) is 0 Å². The van der Waals surface area contributed by atoms with E-state index in [9.17, 15) is 4.79 Å². The number of hydrogen-bond acceptors (Lipinski definition) is 6. The maximum Gasteiger partial charge on any atom is 0.250 e. The summed E-state index contributed by atoms with van der Waals surface area (Å²) in [5.41, 5.74) is 6.43. The molecule has 0 saturated carbocycles. The molecule has 1 aromatic rings. The number of benzene rings is 1. The van der Waals surface area contributed by atoms with Gasteiger partial charge in [-0.15, -0.1) is 0 Å². The van der Waals surface area contributed by atoms with Crippen LogP contribution in [0.4, 0.5) is 5.69 Å². The minimum atomic E-state index is -0.511. The van der Waals surface area contributed by atoms with Gasteiger partial charge < -0.3 is 28.8 Å². The van der Waals surface area contributed by atoms with Crippen LogP contribution >= 0.6 is 22.9 Å². The summed E-state index contributed by atoms with van der Waals surface area (Å²) < 4.78 is 19.7. The molecular weight excluding hydrogens is 413 g/mol. The van der Waals surface area contributed by atoms with E-state index >= 15 is 0 Å². The number of carbonyl (C=O) groups excluding carboxylic acids is 1. The summed E-state index contributed by atoms with van der Waals surface area (Å²) in [6, 6.07) is 3.38. The molecule has 128 valence electrons. The minimum Gasteiger partial charge on any atom is -0.487 e. The first-order valence-corrected chi connectivity index (χ1v) is 8.57. The van der Waals surface area contributed by atoms with E-state index in [0.717, 1.165) is 25.9 Å². The van der Waals surface area contributed by atoms with E-state index in [0.29, 0.717) is 36.0 Å². The molecule has 1 fully saturated rings. The molecule has 1 amide bonds. The number of anilines is 1. The van der Waals surface area contributed by atoms with Gasteiger partial charge in [0, 0.05) is 13.2 Å². The number of nitrogens with one attached hydrogen (secondary N) is 2. The molecule has 0 aromatic heterocycles. The number of rotatable bonds is 8. The molecule has 7 nitrogen and oxygen atoms in total. The highest BCUT2D eigenvalue weighted by Crippen LogP contribution is 2.35. The van der Waals surface area contributed by atoms with Crippen LogP contribution in [0.5, 0.6) is 11.5 Å². The summed E-state index contributed by atoms with van der Waals surface area (Å²) in [5, 5.41) is 3.29. The lowest BCUT2D eigenvalue weighted by molar-refractivity contribution is 0.0999. The topological polar surface area (TPSA) is 94.8 Å². The molecule has 0 radical (unpaired) electrons. The van der Waals surface area contributed by atoms with E-state index in [1.165, 1.54) is 0 Å². The molecule has 0 unspecified atom stereocenters. The van der Waals surface area contributed by atoms with Crippen molar-refractivity contribution in [1.82, 2.24) is 5.32 Å². The molecule has 1 heterocycles. The second-order valence-corrected chi connectivity index (χ2v) is 5.75. The van der Waals surface area contributed by atoms with Gasteiger partial charge in [-0.3, -0.25) is 4.79 Å². The van der Waals surface area contributed by atoms with Crippen LogP contribution in [0.1, 0.15) is 23.2 Å². The van der Waals surface area contributed by atoms with Crippen molar-refractivity contribution in [2.24, 2.45) is 5.73 Å². The number of carbonyl (C=O) groups is 1. The van der Waals surface area contributed by atoms with Crippen molar-refractivity contribution < 1.29 is 19.0 Å². The quantitative estimate of drug-likeness (QED) is 0.327. The highest BCUT2D eigenvalue weighted by molar-refractivity contribution is 14.1. The average molecular weight is 435 g/mol. The normalized spacial score (nSPS) is 15.2. The van der Waals surface area contributed by atoms with Crippen LogP contribution in [0.25, 0.3) is 0 Å². The Morgan fingerprint density at radius 1 is 1.35 bits per heavy atom. The van der Waals surface area contributed by atoms with E-state index in [2.05, 4.69) is 8.85 Å². The second kappa shape index (κ2) is 9.14. The molecule has 2 rings (SSSR count). The Balaban J connectivity index is 2.26. The minimum absolute atomic E-state index is 0.0974. The predicted molar refractivity (Wildman–Crippen MR) is 96.5 cm³/mol. The third-order valence-corrected chi connectivity index (χ3v) is 4.16. The number of primary amides is 1. The molecule has 0 atom stereocenters.